The van der Waals surface area contributed by atoms with Crippen molar-refractivity contribution < 1.29 is 9.59 Å². The number of rotatable bonds is 6. The molecule has 0 spiro atoms. The Balaban J connectivity index is 1.41. The number of anilines is 1. The highest BCUT2D eigenvalue weighted by atomic mass is 16.2. The van der Waals surface area contributed by atoms with Gasteiger partial charge in [0.25, 0.3) is 5.91 Å². The topological polar surface area (TPSA) is 80.1 Å². The van der Waals surface area contributed by atoms with E-state index in [1.165, 1.54) is 12.8 Å². The summed E-state index contributed by atoms with van der Waals surface area (Å²) in [6.45, 7) is 0. The number of carbonyl (C=O) groups is 2. The maximum atomic E-state index is 12.7. The SMILES string of the molecule is CN(C)C(=O)CCc1ccc(NC(=O)c2cnc3c(c2)ncn3C2CCCC2)cc1. The second-order valence-corrected chi connectivity index (χ2v) is 8.10. The molecule has 0 aliphatic heterocycles. The Labute approximate surface area is 176 Å². The van der Waals surface area contributed by atoms with E-state index in [0.717, 1.165) is 29.6 Å². The number of pyridine rings is 1. The zero-order valence-electron chi connectivity index (χ0n) is 17.5. The average molecular weight is 406 g/mol. The number of benzene rings is 1. The van der Waals surface area contributed by atoms with Gasteiger partial charge in [-0.1, -0.05) is 25.0 Å². The van der Waals surface area contributed by atoms with Gasteiger partial charge in [-0.05, 0) is 43.0 Å². The number of hydrogen-bond donors (Lipinski definition) is 1. The van der Waals surface area contributed by atoms with Gasteiger partial charge in [-0.15, -0.1) is 0 Å². The molecule has 4 rings (SSSR count). The summed E-state index contributed by atoms with van der Waals surface area (Å²) < 4.78 is 2.14. The molecule has 1 aliphatic carbocycles. The number of aromatic nitrogens is 3. The molecule has 7 heteroatoms. The van der Waals surface area contributed by atoms with Gasteiger partial charge >= 0.3 is 0 Å². The molecule has 1 saturated carbocycles. The molecule has 1 N–H and O–H groups in total. The minimum atomic E-state index is -0.213. The van der Waals surface area contributed by atoms with Gasteiger partial charge in [-0.25, -0.2) is 9.97 Å². The number of nitrogens with zero attached hydrogens (tertiary/aromatic N) is 4. The summed E-state index contributed by atoms with van der Waals surface area (Å²) in [5, 5.41) is 2.91. The lowest BCUT2D eigenvalue weighted by Gasteiger charge is -2.11. The predicted molar refractivity (Wildman–Crippen MR) is 116 cm³/mol. The van der Waals surface area contributed by atoms with Crippen LogP contribution in [0.15, 0.2) is 42.9 Å². The number of carbonyl (C=O) groups excluding carboxylic acids is 2. The van der Waals surface area contributed by atoms with Crippen molar-refractivity contribution in [2.45, 2.75) is 44.6 Å². The van der Waals surface area contributed by atoms with Crippen LogP contribution in [0, 0.1) is 0 Å². The van der Waals surface area contributed by atoms with Gasteiger partial charge in [0.1, 0.15) is 5.52 Å². The summed E-state index contributed by atoms with van der Waals surface area (Å²) in [5.74, 6) is -0.110. The van der Waals surface area contributed by atoms with E-state index in [1.807, 2.05) is 30.6 Å². The van der Waals surface area contributed by atoms with Crippen LogP contribution in [0.5, 0.6) is 0 Å². The molecule has 7 nitrogen and oxygen atoms in total. The van der Waals surface area contributed by atoms with Crippen molar-refractivity contribution in [3.63, 3.8) is 0 Å². The molecule has 0 unspecified atom stereocenters. The normalized spacial score (nSPS) is 14.2. The van der Waals surface area contributed by atoms with Crippen LogP contribution >= 0.6 is 0 Å². The van der Waals surface area contributed by atoms with Crippen LogP contribution in [-0.4, -0.2) is 45.3 Å². The molecule has 0 atom stereocenters. The van der Waals surface area contributed by atoms with Gasteiger partial charge in [0.2, 0.25) is 5.91 Å². The van der Waals surface area contributed by atoms with Crippen LogP contribution in [0.2, 0.25) is 0 Å². The second kappa shape index (κ2) is 8.65. The van der Waals surface area contributed by atoms with Crippen molar-refractivity contribution in [3.8, 4) is 0 Å². The smallest absolute Gasteiger partial charge is 0.257 e. The molecule has 1 fully saturated rings. The largest absolute Gasteiger partial charge is 0.349 e. The van der Waals surface area contributed by atoms with E-state index in [0.29, 0.717) is 30.1 Å². The standard InChI is InChI=1S/C23H27N5O2/c1-27(2)21(29)12-9-16-7-10-18(11-8-16)26-23(30)17-13-20-22(24-14-17)28(15-25-20)19-5-3-4-6-19/h7-8,10-11,13-15,19H,3-6,9,12H2,1-2H3,(H,26,30). The van der Waals surface area contributed by atoms with Crippen molar-refractivity contribution in [2.24, 2.45) is 0 Å². The number of nitrogens with one attached hydrogen (secondary N) is 1. The molecule has 0 saturated heterocycles. The summed E-state index contributed by atoms with van der Waals surface area (Å²) >= 11 is 0. The fourth-order valence-corrected chi connectivity index (χ4v) is 3.93. The van der Waals surface area contributed by atoms with Crippen LogP contribution in [0.3, 0.4) is 0 Å². The Morgan fingerprint density at radius 2 is 1.87 bits per heavy atom. The average Bonchev–Trinajstić information content (AvgIpc) is 3.41. The molecule has 156 valence electrons. The molecule has 1 aromatic carbocycles. The minimum absolute atomic E-state index is 0.102. The van der Waals surface area contributed by atoms with E-state index in [-0.39, 0.29) is 11.8 Å². The highest BCUT2D eigenvalue weighted by Gasteiger charge is 2.20. The zero-order valence-corrected chi connectivity index (χ0v) is 17.5. The lowest BCUT2D eigenvalue weighted by Crippen LogP contribution is -2.21. The Morgan fingerprint density at radius 3 is 2.57 bits per heavy atom. The molecule has 2 heterocycles. The number of amides is 2. The molecule has 0 bridgehead atoms. The summed E-state index contributed by atoms with van der Waals surface area (Å²) in [7, 11) is 3.51. The third-order valence-electron chi connectivity index (χ3n) is 5.73. The van der Waals surface area contributed by atoms with Crippen molar-refractivity contribution in [1.29, 1.82) is 0 Å². The maximum absolute atomic E-state index is 12.7. The third-order valence-corrected chi connectivity index (χ3v) is 5.73. The molecular weight excluding hydrogens is 378 g/mol. The first-order valence-electron chi connectivity index (χ1n) is 10.4. The molecule has 2 aromatic heterocycles. The van der Waals surface area contributed by atoms with Crippen molar-refractivity contribution >= 4 is 28.7 Å². The molecule has 30 heavy (non-hydrogen) atoms. The van der Waals surface area contributed by atoms with Crippen LogP contribution in [-0.2, 0) is 11.2 Å². The summed E-state index contributed by atoms with van der Waals surface area (Å²) in [6.07, 6.45) is 9.42. The Morgan fingerprint density at radius 1 is 1.13 bits per heavy atom. The summed E-state index contributed by atoms with van der Waals surface area (Å²) in [6, 6.07) is 9.84. The fourth-order valence-electron chi connectivity index (χ4n) is 3.93. The first kappa shape index (κ1) is 20.1. The molecular formula is C23H27N5O2. The highest BCUT2D eigenvalue weighted by molar-refractivity contribution is 6.05. The van der Waals surface area contributed by atoms with Crippen LogP contribution in [0.1, 0.15) is 54.1 Å². The van der Waals surface area contributed by atoms with Gasteiger partial charge in [0.15, 0.2) is 5.65 Å². The monoisotopic (exact) mass is 405 g/mol. The van der Waals surface area contributed by atoms with Gasteiger partial charge in [-0.2, -0.15) is 0 Å². The molecule has 0 radical (unpaired) electrons. The van der Waals surface area contributed by atoms with Gasteiger partial charge in [-0.3, -0.25) is 9.59 Å². The van der Waals surface area contributed by atoms with Gasteiger partial charge in [0, 0.05) is 38.4 Å². The van der Waals surface area contributed by atoms with Crippen LogP contribution in [0.25, 0.3) is 11.2 Å². The molecule has 1 aliphatic rings. The first-order chi connectivity index (χ1) is 14.5. The van der Waals surface area contributed by atoms with Crippen molar-refractivity contribution in [1.82, 2.24) is 19.4 Å². The number of hydrogen-bond acceptors (Lipinski definition) is 4. The Hall–Kier alpha value is -3.22. The van der Waals surface area contributed by atoms with E-state index < -0.39 is 0 Å². The zero-order chi connectivity index (χ0) is 21.1. The van der Waals surface area contributed by atoms with E-state index in [1.54, 1.807) is 31.3 Å². The summed E-state index contributed by atoms with van der Waals surface area (Å²) in [4.78, 5) is 34.9. The van der Waals surface area contributed by atoms with E-state index in [2.05, 4.69) is 19.9 Å². The third kappa shape index (κ3) is 4.35. The number of fused-ring (bicyclic) bond motifs is 1. The van der Waals surface area contributed by atoms with Gasteiger partial charge < -0.3 is 14.8 Å². The molecule has 3 aromatic rings. The fraction of sp³-hybridized carbons (Fsp3) is 0.391. The van der Waals surface area contributed by atoms with Crippen molar-refractivity contribution in [2.75, 3.05) is 19.4 Å². The lowest BCUT2D eigenvalue weighted by atomic mass is 10.1. The van der Waals surface area contributed by atoms with Crippen molar-refractivity contribution in [3.05, 3.63) is 54.0 Å². The molecule has 2 amide bonds. The number of aryl methyl sites for hydroxylation is 1. The van der Waals surface area contributed by atoms with Gasteiger partial charge in [0.05, 0.1) is 11.9 Å². The second-order valence-electron chi connectivity index (χ2n) is 8.10. The predicted octanol–water partition coefficient (Wildman–Crippen LogP) is 3.82. The number of imidazole rings is 1. The minimum Gasteiger partial charge on any atom is -0.349 e. The Bertz CT molecular complexity index is 1050. The van der Waals surface area contributed by atoms with Crippen LogP contribution in [0.4, 0.5) is 5.69 Å². The summed E-state index contributed by atoms with van der Waals surface area (Å²) in [5.41, 5.74) is 3.84. The van der Waals surface area contributed by atoms with E-state index in [9.17, 15) is 9.59 Å². The van der Waals surface area contributed by atoms with E-state index in [4.69, 9.17) is 0 Å². The quantitative estimate of drug-likeness (QED) is 0.676. The lowest BCUT2D eigenvalue weighted by molar-refractivity contribution is -0.128. The first-order valence-corrected chi connectivity index (χ1v) is 10.4. The highest BCUT2D eigenvalue weighted by Crippen LogP contribution is 2.31. The Kier molecular flexibility index (Phi) is 5.79. The van der Waals surface area contributed by atoms with E-state index >= 15 is 0 Å². The maximum Gasteiger partial charge on any atom is 0.257 e. The van der Waals surface area contributed by atoms with Crippen LogP contribution < -0.4 is 5.32 Å².